The highest BCUT2D eigenvalue weighted by atomic mass is 16.3. The summed E-state index contributed by atoms with van der Waals surface area (Å²) in [7, 11) is 0. The fourth-order valence-electron chi connectivity index (χ4n) is 5.38. The minimum atomic E-state index is -0.0883. The molecule has 2 nitrogen and oxygen atoms in total. The predicted octanol–water partition coefficient (Wildman–Crippen LogP) is 3.61. The second-order valence-electron chi connectivity index (χ2n) is 7.52. The van der Waals surface area contributed by atoms with Crippen LogP contribution >= 0.6 is 0 Å². The van der Waals surface area contributed by atoms with Gasteiger partial charge in [-0.05, 0) is 85.0 Å². The number of hydrogen-bond donors (Lipinski definition) is 2. The van der Waals surface area contributed by atoms with E-state index in [1.165, 1.54) is 36.8 Å². The third-order valence-corrected chi connectivity index (χ3v) is 6.60. The van der Waals surface area contributed by atoms with Crippen LogP contribution in [0.3, 0.4) is 0 Å². The molecule has 2 saturated carbocycles. The normalized spacial score (nSPS) is 42.7. The third-order valence-electron chi connectivity index (χ3n) is 6.60. The summed E-state index contributed by atoms with van der Waals surface area (Å²) in [5.41, 5.74) is 2.99. The van der Waals surface area contributed by atoms with Gasteiger partial charge >= 0.3 is 0 Å². The lowest BCUT2D eigenvalue weighted by Gasteiger charge is -2.49. The Bertz CT molecular complexity index is 538. The smallest absolute Gasteiger partial charge is 0.115 e. The Morgan fingerprint density at radius 2 is 2.05 bits per heavy atom. The topological polar surface area (TPSA) is 40.5 Å². The highest BCUT2D eigenvalue weighted by Crippen LogP contribution is 2.59. The molecule has 4 rings (SSSR count). The van der Waals surface area contributed by atoms with E-state index in [-0.39, 0.29) is 11.5 Å². The Labute approximate surface area is 120 Å². The predicted molar refractivity (Wildman–Crippen MR) is 78.7 cm³/mol. The highest BCUT2D eigenvalue weighted by molar-refractivity contribution is 5.40. The molecular formula is C18H24O2. The van der Waals surface area contributed by atoms with Crippen molar-refractivity contribution in [3.63, 3.8) is 0 Å². The summed E-state index contributed by atoms with van der Waals surface area (Å²) in [6, 6.07) is 5.96. The Morgan fingerprint density at radius 1 is 1.20 bits per heavy atom. The second kappa shape index (κ2) is 4.24. The zero-order valence-corrected chi connectivity index (χ0v) is 12.2. The molecule has 0 aliphatic heterocycles. The van der Waals surface area contributed by atoms with Gasteiger partial charge in [0.1, 0.15) is 5.75 Å². The standard InChI is InChI=1S/C18H24O2/c1-18-10-12-3-2-11-8-14(19)5-6-15(11)16(12)9-13(18)4-7-17(18)20/h5-6,8,12-13,16-17,19-20H,2-4,7,9-10H2,1H3/t12-,13-,16+,17-,18-/m0/s1. The van der Waals surface area contributed by atoms with E-state index in [2.05, 4.69) is 13.0 Å². The molecule has 0 unspecified atom stereocenters. The molecule has 0 amide bonds. The maximum Gasteiger partial charge on any atom is 0.115 e. The maximum atomic E-state index is 10.4. The first-order valence-corrected chi connectivity index (χ1v) is 8.08. The van der Waals surface area contributed by atoms with Crippen molar-refractivity contribution in [2.75, 3.05) is 0 Å². The average Bonchev–Trinajstić information content (AvgIpc) is 2.71. The molecule has 2 N–H and O–H groups in total. The van der Waals surface area contributed by atoms with E-state index in [4.69, 9.17) is 0 Å². The number of aliphatic hydroxyl groups excluding tert-OH is 1. The Kier molecular flexibility index (Phi) is 2.69. The van der Waals surface area contributed by atoms with Crippen molar-refractivity contribution in [3.05, 3.63) is 29.3 Å². The van der Waals surface area contributed by atoms with Gasteiger partial charge in [-0.15, -0.1) is 0 Å². The molecule has 0 saturated heterocycles. The fourth-order valence-corrected chi connectivity index (χ4v) is 5.38. The number of fused-ring (bicyclic) bond motifs is 4. The summed E-state index contributed by atoms with van der Waals surface area (Å²) in [5, 5.41) is 20.0. The van der Waals surface area contributed by atoms with Crippen LogP contribution in [0, 0.1) is 17.3 Å². The van der Waals surface area contributed by atoms with E-state index >= 15 is 0 Å². The van der Waals surface area contributed by atoms with E-state index < -0.39 is 0 Å². The van der Waals surface area contributed by atoms with Crippen LogP contribution in [0.1, 0.15) is 56.1 Å². The van der Waals surface area contributed by atoms with Gasteiger partial charge in [0.05, 0.1) is 6.10 Å². The summed E-state index contributed by atoms with van der Waals surface area (Å²) in [6.45, 7) is 2.32. The van der Waals surface area contributed by atoms with Gasteiger partial charge in [-0.3, -0.25) is 0 Å². The van der Waals surface area contributed by atoms with Crippen LogP contribution in [0.15, 0.2) is 18.2 Å². The summed E-state index contributed by atoms with van der Waals surface area (Å²) < 4.78 is 0. The molecule has 2 heteroatoms. The molecule has 0 bridgehead atoms. The number of phenolic OH excluding ortho intramolecular Hbond substituents is 1. The minimum absolute atomic E-state index is 0.0883. The van der Waals surface area contributed by atoms with Crippen molar-refractivity contribution >= 4 is 0 Å². The minimum Gasteiger partial charge on any atom is -0.508 e. The van der Waals surface area contributed by atoms with Crippen molar-refractivity contribution in [3.8, 4) is 5.75 Å². The summed E-state index contributed by atoms with van der Waals surface area (Å²) in [4.78, 5) is 0. The van der Waals surface area contributed by atoms with Gasteiger partial charge in [0.25, 0.3) is 0 Å². The van der Waals surface area contributed by atoms with E-state index in [0.29, 0.717) is 17.6 Å². The first-order valence-electron chi connectivity index (χ1n) is 8.08. The van der Waals surface area contributed by atoms with Gasteiger partial charge in [0, 0.05) is 0 Å². The molecule has 20 heavy (non-hydrogen) atoms. The van der Waals surface area contributed by atoms with Crippen molar-refractivity contribution in [2.24, 2.45) is 17.3 Å². The molecule has 0 spiro atoms. The lowest BCUT2D eigenvalue weighted by Crippen LogP contribution is -2.42. The van der Waals surface area contributed by atoms with Crippen molar-refractivity contribution in [1.82, 2.24) is 0 Å². The number of benzene rings is 1. The molecule has 3 aliphatic rings. The fraction of sp³-hybridized carbons (Fsp3) is 0.667. The molecule has 0 aromatic heterocycles. The number of aryl methyl sites for hydroxylation is 1. The largest absolute Gasteiger partial charge is 0.508 e. The lowest BCUT2D eigenvalue weighted by atomic mass is 9.56. The SMILES string of the molecule is C[C@]12C[C@@H]3CCc4cc(O)ccc4[C@@H]3C[C@@H]1CC[C@@H]2O. The molecule has 1 aromatic carbocycles. The van der Waals surface area contributed by atoms with Gasteiger partial charge in [0.15, 0.2) is 0 Å². The average molecular weight is 272 g/mol. The van der Waals surface area contributed by atoms with Crippen LogP contribution in [0.25, 0.3) is 0 Å². The van der Waals surface area contributed by atoms with Crippen molar-refractivity contribution < 1.29 is 10.2 Å². The molecule has 5 atom stereocenters. The summed E-state index contributed by atoms with van der Waals surface area (Å²) in [5.74, 6) is 2.46. The molecule has 0 radical (unpaired) electrons. The Balaban J connectivity index is 1.69. The van der Waals surface area contributed by atoms with Crippen LogP contribution in [0.2, 0.25) is 0 Å². The van der Waals surface area contributed by atoms with E-state index in [0.717, 1.165) is 18.8 Å². The molecule has 0 heterocycles. The Hall–Kier alpha value is -1.02. The number of rotatable bonds is 0. The van der Waals surface area contributed by atoms with Crippen molar-refractivity contribution in [2.45, 2.75) is 57.5 Å². The second-order valence-corrected chi connectivity index (χ2v) is 7.52. The first-order chi connectivity index (χ1) is 9.58. The van der Waals surface area contributed by atoms with Crippen LogP contribution in [-0.2, 0) is 6.42 Å². The molecular weight excluding hydrogens is 248 g/mol. The number of phenols is 1. The van der Waals surface area contributed by atoms with Gasteiger partial charge in [-0.2, -0.15) is 0 Å². The number of aromatic hydroxyl groups is 1. The van der Waals surface area contributed by atoms with Crippen LogP contribution in [0.4, 0.5) is 0 Å². The zero-order valence-electron chi connectivity index (χ0n) is 12.2. The lowest BCUT2D eigenvalue weighted by molar-refractivity contribution is -0.0166. The first kappa shape index (κ1) is 12.7. The maximum absolute atomic E-state index is 10.4. The van der Waals surface area contributed by atoms with E-state index in [1.54, 1.807) is 0 Å². The molecule has 1 aromatic rings. The van der Waals surface area contributed by atoms with Crippen molar-refractivity contribution in [1.29, 1.82) is 0 Å². The van der Waals surface area contributed by atoms with E-state index in [9.17, 15) is 10.2 Å². The Morgan fingerprint density at radius 3 is 2.90 bits per heavy atom. The van der Waals surface area contributed by atoms with Gasteiger partial charge in [-0.1, -0.05) is 13.0 Å². The summed E-state index contributed by atoms with van der Waals surface area (Å²) in [6.07, 6.45) is 6.81. The zero-order chi connectivity index (χ0) is 13.9. The van der Waals surface area contributed by atoms with Gasteiger partial charge < -0.3 is 10.2 Å². The number of aliphatic hydroxyl groups is 1. The molecule has 3 aliphatic carbocycles. The molecule has 108 valence electrons. The third kappa shape index (κ3) is 1.67. The number of hydrogen-bond acceptors (Lipinski definition) is 2. The van der Waals surface area contributed by atoms with E-state index in [1.807, 2.05) is 12.1 Å². The van der Waals surface area contributed by atoms with Crippen LogP contribution in [-0.4, -0.2) is 16.3 Å². The van der Waals surface area contributed by atoms with Gasteiger partial charge in [0.2, 0.25) is 0 Å². The quantitative estimate of drug-likeness (QED) is 0.757. The van der Waals surface area contributed by atoms with Crippen LogP contribution in [0.5, 0.6) is 5.75 Å². The monoisotopic (exact) mass is 272 g/mol. The van der Waals surface area contributed by atoms with Crippen LogP contribution < -0.4 is 0 Å². The summed E-state index contributed by atoms with van der Waals surface area (Å²) >= 11 is 0. The van der Waals surface area contributed by atoms with Gasteiger partial charge in [-0.25, -0.2) is 0 Å². The molecule has 2 fully saturated rings. The highest BCUT2D eigenvalue weighted by Gasteiger charge is 2.52.